The normalized spacial score (nSPS) is 11.3. The molecule has 10 nitrogen and oxygen atoms in total. The number of benzene rings is 1. The molecule has 0 radical (unpaired) electrons. The first kappa shape index (κ1) is 24.5. The predicted octanol–water partition coefficient (Wildman–Crippen LogP) is 2.97. The van der Waals surface area contributed by atoms with Gasteiger partial charge in [-0.2, -0.15) is 0 Å². The van der Waals surface area contributed by atoms with Crippen molar-refractivity contribution in [3.8, 4) is 11.5 Å². The summed E-state index contributed by atoms with van der Waals surface area (Å²) in [4.78, 5) is 16.5. The number of unbranched alkanes of at least 4 members (excludes halogenated alkanes) is 1. The molecule has 0 aliphatic heterocycles. The van der Waals surface area contributed by atoms with Crippen LogP contribution in [0.15, 0.2) is 12.1 Å². The average molecular weight is 459 g/mol. The molecule has 0 saturated heterocycles. The van der Waals surface area contributed by atoms with Crippen LogP contribution in [0.25, 0.3) is 16.7 Å². The lowest BCUT2D eigenvalue weighted by Crippen LogP contribution is -2.25. The standard InChI is InChI=1S/C23H34N6O4/c1-15(2)12-21(30)24-8-6-7-9-25-22-23-28-27-16(3)29(23)18-14-20(33-11-10-31-4)19(32-5)13-17(18)26-22/h13-15H,6-12H2,1-5H3,(H,24,30)(H,25,26). The second kappa shape index (κ2) is 11.6. The predicted molar refractivity (Wildman–Crippen MR) is 127 cm³/mol. The Hall–Kier alpha value is -3.14. The summed E-state index contributed by atoms with van der Waals surface area (Å²) in [6.07, 6.45) is 2.32. The zero-order valence-corrected chi connectivity index (χ0v) is 20.1. The van der Waals surface area contributed by atoms with Crippen LogP contribution in [0.2, 0.25) is 0 Å². The third kappa shape index (κ3) is 6.22. The van der Waals surface area contributed by atoms with Gasteiger partial charge in [0.1, 0.15) is 12.4 Å². The van der Waals surface area contributed by atoms with Gasteiger partial charge in [-0.3, -0.25) is 9.20 Å². The number of hydrogen-bond acceptors (Lipinski definition) is 8. The third-order valence-electron chi connectivity index (χ3n) is 5.13. The van der Waals surface area contributed by atoms with Crippen molar-refractivity contribution in [3.63, 3.8) is 0 Å². The number of fused-ring (bicyclic) bond motifs is 3. The minimum atomic E-state index is 0.106. The molecule has 0 aliphatic carbocycles. The largest absolute Gasteiger partial charge is 0.493 e. The summed E-state index contributed by atoms with van der Waals surface area (Å²) in [7, 11) is 3.23. The Morgan fingerprint density at radius 3 is 2.61 bits per heavy atom. The van der Waals surface area contributed by atoms with E-state index in [2.05, 4.69) is 20.8 Å². The Bertz CT molecular complexity index is 1080. The molecular weight excluding hydrogens is 424 g/mol. The van der Waals surface area contributed by atoms with Crippen LogP contribution >= 0.6 is 0 Å². The fraction of sp³-hybridized carbons (Fsp3) is 0.565. The highest BCUT2D eigenvalue weighted by Gasteiger charge is 2.16. The van der Waals surface area contributed by atoms with Crippen molar-refractivity contribution in [3.05, 3.63) is 18.0 Å². The fourth-order valence-electron chi connectivity index (χ4n) is 3.54. The number of ether oxygens (including phenoxy) is 3. The number of hydrogen-bond donors (Lipinski definition) is 2. The van der Waals surface area contributed by atoms with E-state index >= 15 is 0 Å². The minimum absolute atomic E-state index is 0.106. The molecule has 1 aromatic carbocycles. The molecule has 0 unspecified atom stereocenters. The van der Waals surface area contributed by atoms with E-state index in [0.29, 0.717) is 61.6 Å². The van der Waals surface area contributed by atoms with Gasteiger partial charge in [0.2, 0.25) is 11.6 Å². The van der Waals surface area contributed by atoms with Crippen molar-refractivity contribution in [2.75, 3.05) is 45.8 Å². The van der Waals surface area contributed by atoms with Crippen molar-refractivity contribution in [2.24, 2.45) is 5.92 Å². The molecule has 2 N–H and O–H groups in total. The number of anilines is 1. The van der Waals surface area contributed by atoms with Gasteiger partial charge in [0.05, 0.1) is 24.8 Å². The second-order valence-corrected chi connectivity index (χ2v) is 8.28. The summed E-state index contributed by atoms with van der Waals surface area (Å²) in [6.45, 7) is 8.24. The maximum absolute atomic E-state index is 11.8. The molecule has 2 aromatic heterocycles. The number of rotatable bonds is 13. The van der Waals surface area contributed by atoms with Gasteiger partial charge in [0.15, 0.2) is 17.3 Å². The maximum Gasteiger partial charge on any atom is 0.220 e. The monoisotopic (exact) mass is 458 g/mol. The van der Waals surface area contributed by atoms with Crippen molar-refractivity contribution in [2.45, 2.75) is 40.0 Å². The number of amides is 1. The maximum atomic E-state index is 11.8. The van der Waals surface area contributed by atoms with Crippen LogP contribution < -0.4 is 20.1 Å². The summed E-state index contributed by atoms with van der Waals surface area (Å²) in [6, 6.07) is 3.75. The summed E-state index contributed by atoms with van der Waals surface area (Å²) in [5, 5.41) is 14.9. The van der Waals surface area contributed by atoms with Crippen LogP contribution in [0.4, 0.5) is 5.82 Å². The van der Waals surface area contributed by atoms with Gasteiger partial charge >= 0.3 is 0 Å². The smallest absolute Gasteiger partial charge is 0.220 e. The van der Waals surface area contributed by atoms with E-state index in [-0.39, 0.29) is 5.91 Å². The molecule has 2 heterocycles. The van der Waals surface area contributed by atoms with E-state index in [1.807, 2.05) is 37.3 Å². The summed E-state index contributed by atoms with van der Waals surface area (Å²) in [5.41, 5.74) is 2.22. The van der Waals surface area contributed by atoms with Gasteiger partial charge < -0.3 is 24.8 Å². The van der Waals surface area contributed by atoms with Crippen LogP contribution in [-0.2, 0) is 9.53 Å². The Labute approximate surface area is 194 Å². The number of methoxy groups -OCH3 is 2. The molecule has 0 fully saturated rings. The van der Waals surface area contributed by atoms with Gasteiger partial charge in [-0.1, -0.05) is 13.8 Å². The molecule has 33 heavy (non-hydrogen) atoms. The fourth-order valence-corrected chi connectivity index (χ4v) is 3.54. The first-order valence-corrected chi connectivity index (χ1v) is 11.3. The molecule has 0 bridgehead atoms. The molecule has 3 rings (SSSR count). The van der Waals surface area contributed by atoms with Crippen LogP contribution in [0, 0.1) is 12.8 Å². The molecule has 1 amide bonds. The van der Waals surface area contributed by atoms with E-state index < -0.39 is 0 Å². The highest BCUT2D eigenvalue weighted by Crippen LogP contribution is 2.33. The number of carbonyl (C=O) groups excluding carboxylic acids is 1. The second-order valence-electron chi connectivity index (χ2n) is 8.28. The lowest BCUT2D eigenvalue weighted by atomic mass is 10.1. The summed E-state index contributed by atoms with van der Waals surface area (Å²) < 4.78 is 18.4. The van der Waals surface area contributed by atoms with E-state index in [0.717, 1.165) is 29.7 Å². The van der Waals surface area contributed by atoms with Crippen molar-refractivity contribution < 1.29 is 19.0 Å². The van der Waals surface area contributed by atoms with Gasteiger partial charge in [0.25, 0.3) is 0 Å². The first-order chi connectivity index (χ1) is 15.9. The quantitative estimate of drug-likeness (QED) is 0.376. The van der Waals surface area contributed by atoms with E-state index in [4.69, 9.17) is 19.2 Å². The van der Waals surface area contributed by atoms with Crippen LogP contribution in [0.1, 0.15) is 38.9 Å². The molecule has 0 atom stereocenters. The first-order valence-electron chi connectivity index (χ1n) is 11.3. The van der Waals surface area contributed by atoms with Crippen LogP contribution in [-0.4, -0.2) is 66.0 Å². The lowest BCUT2D eigenvalue weighted by Gasteiger charge is -2.14. The number of aromatic nitrogens is 4. The highest BCUT2D eigenvalue weighted by atomic mass is 16.5. The Morgan fingerprint density at radius 2 is 1.88 bits per heavy atom. The number of aryl methyl sites for hydroxylation is 1. The molecular formula is C23H34N6O4. The van der Waals surface area contributed by atoms with Crippen molar-refractivity contribution >= 4 is 28.4 Å². The number of nitrogens with zero attached hydrogens (tertiary/aromatic N) is 4. The van der Waals surface area contributed by atoms with Gasteiger partial charge in [0, 0.05) is 38.8 Å². The Morgan fingerprint density at radius 1 is 1.09 bits per heavy atom. The third-order valence-corrected chi connectivity index (χ3v) is 5.13. The highest BCUT2D eigenvalue weighted by molar-refractivity contribution is 5.85. The minimum Gasteiger partial charge on any atom is -0.493 e. The van der Waals surface area contributed by atoms with Crippen molar-refractivity contribution in [1.29, 1.82) is 0 Å². The molecule has 10 heteroatoms. The van der Waals surface area contributed by atoms with E-state index in [9.17, 15) is 4.79 Å². The topological polar surface area (TPSA) is 112 Å². The van der Waals surface area contributed by atoms with E-state index in [1.54, 1.807) is 14.2 Å². The molecule has 0 spiro atoms. The van der Waals surface area contributed by atoms with E-state index in [1.165, 1.54) is 0 Å². The summed E-state index contributed by atoms with van der Waals surface area (Å²) >= 11 is 0. The van der Waals surface area contributed by atoms with Gasteiger partial charge in [-0.05, 0) is 25.7 Å². The zero-order chi connectivity index (χ0) is 23.8. The van der Waals surface area contributed by atoms with Crippen molar-refractivity contribution in [1.82, 2.24) is 24.9 Å². The molecule has 3 aromatic rings. The summed E-state index contributed by atoms with van der Waals surface area (Å²) in [5.74, 6) is 3.08. The van der Waals surface area contributed by atoms with Gasteiger partial charge in [-0.15, -0.1) is 10.2 Å². The Kier molecular flexibility index (Phi) is 8.65. The molecule has 0 aliphatic rings. The Balaban J connectivity index is 1.73. The number of nitrogens with one attached hydrogen (secondary N) is 2. The SMILES string of the molecule is COCCOc1cc2c(cc1OC)nc(NCCCCNC(=O)CC(C)C)c1nnc(C)n12. The van der Waals surface area contributed by atoms with Gasteiger partial charge in [-0.25, -0.2) is 4.98 Å². The number of carbonyl (C=O) groups is 1. The zero-order valence-electron chi connectivity index (χ0n) is 20.1. The molecule has 180 valence electrons. The average Bonchev–Trinajstić information content (AvgIpc) is 3.17. The van der Waals surface area contributed by atoms with Crippen LogP contribution in [0.3, 0.4) is 0 Å². The molecule has 0 saturated carbocycles. The van der Waals surface area contributed by atoms with Crippen LogP contribution in [0.5, 0.6) is 11.5 Å². The lowest BCUT2D eigenvalue weighted by molar-refractivity contribution is -0.121.